The highest BCUT2D eigenvalue weighted by Gasteiger charge is 2.59. The van der Waals surface area contributed by atoms with Crippen LogP contribution in [0.5, 0.6) is 0 Å². The molecule has 0 aliphatic heterocycles. The van der Waals surface area contributed by atoms with Gasteiger partial charge in [-0.2, -0.15) is 5.10 Å². The van der Waals surface area contributed by atoms with Crippen molar-refractivity contribution < 1.29 is 0 Å². The molecule has 0 aromatic carbocycles. The summed E-state index contributed by atoms with van der Waals surface area (Å²) in [5.41, 5.74) is 8.72. The molecule has 0 bridgehead atoms. The number of aromatic nitrogens is 2. The monoisotopic (exact) mass is 177 g/mol. The summed E-state index contributed by atoms with van der Waals surface area (Å²) in [6.07, 6.45) is 5.47. The Morgan fingerprint density at radius 1 is 1.62 bits per heavy atom. The maximum Gasteiger partial charge on any atom is 0.148 e. The molecule has 0 amide bonds. The lowest BCUT2D eigenvalue weighted by Crippen LogP contribution is -2.07. The van der Waals surface area contributed by atoms with Crippen molar-refractivity contribution >= 4 is 5.82 Å². The molecule has 13 heavy (non-hydrogen) atoms. The third-order valence-electron chi connectivity index (χ3n) is 3.95. The molecule has 0 spiro atoms. The average molecular weight is 177 g/mol. The number of fused-ring (bicyclic) bond motifs is 1. The molecule has 0 radical (unpaired) electrons. The Hall–Kier alpha value is -0.990. The molecule has 2 unspecified atom stereocenters. The van der Waals surface area contributed by atoms with Crippen LogP contribution in [-0.2, 0) is 5.41 Å². The van der Waals surface area contributed by atoms with Gasteiger partial charge in [0.1, 0.15) is 5.82 Å². The van der Waals surface area contributed by atoms with Gasteiger partial charge in [-0.25, -0.2) is 0 Å². The minimum Gasteiger partial charge on any atom is -0.382 e. The first-order chi connectivity index (χ1) is 6.24. The van der Waals surface area contributed by atoms with Gasteiger partial charge in [0.05, 0.1) is 0 Å². The molecule has 2 aliphatic carbocycles. The number of aromatic amines is 1. The predicted octanol–water partition coefficient (Wildman–Crippen LogP) is 1.74. The maximum absolute atomic E-state index is 5.74. The number of hydrogen-bond donors (Lipinski definition) is 2. The van der Waals surface area contributed by atoms with Crippen molar-refractivity contribution in [1.82, 2.24) is 10.2 Å². The Kier molecular flexibility index (Phi) is 1.19. The van der Waals surface area contributed by atoms with Crippen LogP contribution in [0.4, 0.5) is 5.82 Å². The Morgan fingerprint density at radius 3 is 2.92 bits per heavy atom. The van der Waals surface area contributed by atoms with E-state index in [1.807, 2.05) is 0 Å². The van der Waals surface area contributed by atoms with Crippen molar-refractivity contribution in [3.05, 3.63) is 11.3 Å². The lowest BCUT2D eigenvalue weighted by atomic mass is 9.96. The summed E-state index contributed by atoms with van der Waals surface area (Å²) >= 11 is 0. The fraction of sp³-hybridized carbons (Fsp3) is 0.700. The van der Waals surface area contributed by atoms with Crippen LogP contribution in [0.25, 0.3) is 0 Å². The zero-order valence-electron chi connectivity index (χ0n) is 7.93. The molecule has 3 N–H and O–H groups in total. The lowest BCUT2D eigenvalue weighted by molar-refractivity contribution is 0.629. The second-order valence-corrected chi connectivity index (χ2v) is 4.56. The van der Waals surface area contributed by atoms with Crippen LogP contribution in [0, 0.1) is 12.8 Å². The first kappa shape index (κ1) is 7.42. The molecule has 2 fully saturated rings. The predicted molar refractivity (Wildman–Crippen MR) is 51.4 cm³/mol. The van der Waals surface area contributed by atoms with Crippen LogP contribution in [0.15, 0.2) is 0 Å². The van der Waals surface area contributed by atoms with Crippen LogP contribution in [0.3, 0.4) is 0 Å². The Balaban J connectivity index is 2.05. The van der Waals surface area contributed by atoms with E-state index >= 15 is 0 Å². The number of nitrogen functional groups attached to an aromatic ring is 1. The second kappa shape index (κ2) is 2.08. The largest absolute Gasteiger partial charge is 0.382 e. The Bertz CT molecular complexity index is 355. The highest BCUT2D eigenvalue weighted by atomic mass is 15.2. The summed E-state index contributed by atoms with van der Waals surface area (Å²) in [5.74, 6) is 1.60. The summed E-state index contributed by atoms with van der Waals surface area (Å²) in [6.45, 7) is 2.08. The third-order valence-corrected chi connectivity index (χ3v) is 3.95. The van der Waals surface area contributed by atoms with E-state index < -0.39 is 0 Å². The summed E-state index contributed by atoms with van der Waals surface area (Å²) in [4.78, 5) is 0. The molecule has 2 atom stereocenters. The highest BCUT2D eigenvalue weighted by Crippen LogP contribution is 2.64. The van der Waals surface area contributed by atoms with Gasteiger partial charge in [-0.3, -0.25) is 5.10 Å². The smallest absolute Gasteiger partial charge is 0.148 e. The molecule has 1 aromatic heterocycles. The molecule has 1 aromatic rings. The Morgan fingerprint density at radius 2 is 2.46 bits per heavy atom. The number of hydrogen-bond acceptors (Lipinski definition) is 2. The molecule has 2 aliphatic rings. The van der Waals surface area contributed by atoms with Gasteiger partial charge in [-0.05, 0) is 32.1 Å². The lowest BCUT2D eigenvalue weighted by Gasteiger charge is -2.09. The van der Waals surface area contributed by atoms with Gasteiger partial charge in [0.2, 0.25) is 0 Å². The topological polar surface area (TPSA) is 54.7 Å². The summed E-state index contributed by atoms with van der Waals surface area (Å²) in [5, 5.41) is 7.21. The van der Waals surface area contributed by atoms with E-state index in [4.69, 9.17) is 5.73 Å². The normalized spacial score (nSPS) is 36.2. The van der Waals surface area contributed by atoms with Crippen molar-refractivity contribution in [3.8, 4) is 0 Å². The number of H-pyrrole nitrogens is 1. The van der Waals surface area contributed by atoms with Crippen LogP contribution in [-0.4, -0.2) is 10.2 Å². The highest BCUT2D eigenvalue weighted by molar-refractivity contribution is 5.47. The number of nitrogens with two attached hydrogens (primary N) is 1. The van der Waals surface area contributed by atoms with E-state index in [-0.39, 0.29) is 0 Å². The van der Waals surface area contributed by atoms with E-state index in [0.29, 0.717) is 11.2 Å². The van der Waals surface area contributed by atoms with Gasteiger partial charge in [0.25, 0.3) is 0 Å². The van der Waals surface area contributed by atoms with E-state index in [2.05, 4.69) is 17.1 Å². The zero-order valence-corrected chi connectivity index (χ0v) is 7.93. The van der Waals surface area contributed by atoms with Gasteiger partial charge < -0.3 is 5.73 Å². The van der Waals surface area contributed by atoms with Crippen molar-refractivity contribution in [3.63, 3.8) is 0 Å². The van der Waals surface area contributed by atoms with Gasteiger partial charge in [0, 0.05) is 16.7 Å². The molecular formula is C10H15N3. The van der Waals surface area contributed by atoms with E-state index in [9.17, 15) is 0 Å². The second-order valence-electron chi connectivity index (χ2n) is 4.56. The van der Waals surface area contributed by atoms with E-state index in [0.717, 1.165) is 5.92 Å². The fourth-order valence-electron chi connectivity index (χ4n) is 3.06. The zero-order chi connectivity index (χ0) is 9.05. The van der Waals surface area contributed by atoms with Crippen molar-refractivity contribution in [2.75, 3.05) is 5.73 Å². The van der Waals surface area contributed by atoms with Crippen molar-refractivity contribution in [2.45, 2.75) is 38.0 Å². The Labute approximate surface area is 77.7 Å². The number of rotatable bonds is 1. The van der Waals surface area contributed by atoms with Crippen LogP contribution < -0.4 is 5.73 Å². The first-order valence-electron chi connectivity index (χ1n) is 5.05. The quantitative estimate of drug-likeness (QED) is 0.686. The van der Waals surface area contributed by atoms with Gasteiger partial charge in [-0.15, -0.1) is 0 Å². The molecule has 3 nitrogen and oxygen atoms in total. The minimum absolute atomic E-state index is 0.467. The van der Waals surface area contributed by atoms with Gasteiger partial charge in [0.15, 0.2) is 0 Å². The summed E-state index contributed by atoms with van der Waals surface area (Å²) in [6, 6.07) is 0. The van der Waals surface area contributed by atoms with Crippen LogP contribution >= 0.6 is 0 Å². The van der Waals surface area contributed by atoms with E-state index in [1.54, 1.807) is 0 Å². The van der Waals surface area contributed by atoms with Crippen LogP contribution in [0.1, 0.15) is 36.9 Å². The van der Waals surface area contributed by atoms with Gasteiger partial charge >= 0.3 is 0 Å². The SMILES string of the molecule is Cc1c(N)n[nH]c1C12CCCC1C2. The molecule has 3 heteroatoms. The molecule has 1 heterocycles. The molecule has 2 saturated carbocycles. The standard InChI is InChI=1S/C10H15N3/c1-6-8(12-13-9(6)11)10-4-2-3-7(10)5-10/h7H,2-5H2,1H3,(H3,11,12,13). The average Bonchev–Trinajstić information content (AvgIpc) is 2.49. The van der Waals surface area contributed by atoms with Crippen LogP contribution in [0.2, 0.25) is 0 Å². The number of nitrogens with one attached hydrogen (secondary N) is 1. The fourth-order valence-corrected chi connectivity index (χ4v) is 3.06. The van der Waals surface area contributed by atoms with E-state index in [1.165, 1.54) is 36.9 Å². The first-order valence-corrected chi connectivity index (χ1v) is 5.05. The summed E-state index contributed by atoms with van der Waals surface area (Å²) in [7, 11) is 0. The van der Waals surface area contributed by atoms with Gasteiger partial charge in [-0.1, -0.05) is 6.42 Å². The molecule has 70 valence electrons. The number of nitrogens with zero attached hydrogens (tertiary/aromatic N) is 1. The maximum atomic E-state index is 5.74. The minimum atomic E-state index is 0.467. The van der Waals surface area contributed by atoms with Crippen molar-refractivity contribution in [2.24, 2.45) is 5.92 Å². The molecule has 3 rings (SSSR count). The third kappa shape index (κ3) is 0.773. The summed E-state index contributed by atoms with van der Waals surface area (Å²) < 4.78 is 0. The molecule has 0 saturated heterocycles. The molecular weight excluding hydrogens is 162 g/mol. The van der Waals surface area contributed by atoms with Crippen molar-refractivity contribution in [1.29, 1.82) is 0 Å². The number of anilines is 1.